The molecule has 0 radical (unpaired) electrons. The molecular formula is C15H21N3O2. The zero-order chi connectivity index (χ0) is 13.9. The summed E-state index contributed by atoms with van der Waals surface area (Å²) >= 11 is 0. The van der Waals surface area contributed by atoms with Gasteiger partial charge in [-0.1, -0.05) is 0 Å². The minimum absolute atomic E-state index is 0.0225. The second-order valence-corrected chi connectivity index (χ2v) is 5.53. The summed E-state index contributed by atoms with van der Waals surface area (Å²) in [6.45, 7) is 3.80. The van der Waals surface area contributed by atoms with Gasteiger partial charge < -0.3 is 20.7 Å². The third kappa shape index (κ3) is 3.04. The Morgan fingerprint density at radius 1 is 1.35 bits per heavy atom. The van der Waals surface area contributed by atoms with E-state index in [4.69, 9.17) is 10.5 Å². The summed E-state index contributed by atoms with van der Waals surface area (Å²) in [6.07, 6.45) is 2.46. The number of ether oxygens (including phenoxy) is 1. The van der Waals surface area contributed by atoms with Gasteiger partial charge in [0, 0.05) is 31.0 Å². The normalized spacial score (nSPS) is 18.9. The molecule has 5 nitrogen and oxygen atoms in total. The molecule has 0 unspecified atom stereocenters. The minimum Gasteiger partial charge on any atom is -0.399 e. The maximum Gasteiger partial charge on any atom is 0.253 e. The van der Waals surface area contributed by atoms with Crippen molar-refractivity contribution in [3.05, 3.63) is 23.8 Å². The van der Waals surface area contributed by atoms with Crippen molar-refractivity contribution < 1.29 is 9.53 Å². The van der Waals surface area contributed by atoms with Crippen LogP contribution in [0, 0.1) is 5.92 Å². The first-order valence-electron chi connectivity index (χ1n) is 7.24. The number of nitrogens with one attached hydrogen (secondary N) is 1. The Kier molecular flexibility index (Phi) is 3.78. The molecule has 1 amide bonds. The highest BCUT2D eigenvalue weighted by molar-refractivity contribution is 6.00. The van der Waals surface area contributed by atoms with E-state index in [2.05, 4.69) is 10.2 Å². The van der Waals surface area contributed by atoms with Gasteiger partial charge in [0.15, 0.2) is 0 Å². The van der Waals surface area contributed by atoms with E-state index in [0.717, 1.165) is 25.3 Å². The Morgan fingerprint density at radius 2 is 2.10 bits per heavy atom. The fraction of sp³-hybridized carbons (Fsp3) is 0.533. The fourth-order valence-electron chi connectivity index (χ4n) is 2.47. The molecule has 2 fully saturated rings. The molecule has 108 valence electrons. The second kappa shape index (κ2) is 5.71. The van der Waals surface area contributed by atoms with E-state index in [1.54, 1.807) is 6.07 Å². The van der Waals surface area contributed by atoms with Gasteiger partial charge in [-0.2, -0.15) is 0 Å². The first-order valence-corrected chi connectivity index (χ1v) is 7.24. The summed E-state index contributed by atoms with van der Waals surface area (Å²) in [6, 6.07) is 5.56. The van der Waals surface area contributed by atoms with E-state index in [0.29, 0.717) is 30.4 Å². The van der Waals surface area contributed by atoms with E-state index < -0.39 is 0 Å². The van der Waals surface area contributed by atoms with E-state index >= 15 is 0 Å². The van der Waals surface area contributed by atoms with Crippen molar-refractivity contribution in [1.82, 2.24) is 5.32 Å². The monoisotopic (exact) mass is 275 g/mol. The highest BCUT2D eigenvalue weighted by Crippen LogP contribution is 2.28. The van der Waals surface area contributed by atoms with Crippen molar-refractivity contribution in [1.29, 1.82) is 0 Å². The number of amides is 1. The molecule has 1 aromatic carbocycles. The molecule has 3 N–H and O–H groups in total. The van der Waals surface area contributed by atoms with E-state index in [1.165, 1.54) is 12.8 Å². The van der Waals surface area contributed by atoms with Crippen molar-refractivity contribution in [3.63, 3.8) is 0 Å². The minimum atomic E-state index is -0.0225. The first-order chi connectivity index (χ1) is 9.74. The molecule has 1 aliphatic heterocycles. The average Bonchev–Trinajstić information content (AvgIpc) is 3.30. The highest BCUT2D eigenvalue weighted by Gasteiger charge is 2.23. The van der Waals surface area contributed by atoms with Crippen LogP contribution in [0.4, 0.5) is 11.4 Å². The van der Waals surface area contributed by atoms with E-state index in [1.807, 2.05) is 12.1 Å². The van der Waals surface area contributed by atoms with Gasteiger partial charge in [-0.15, -0.1) is 0 Å². The number of benzene rings is 1. The topological polar surface area (TPSA) is 67.6 Å². The maximum atomic E-state index is 12.4. The maximum absolute atomic E-state index is 12.4. The predicted octanol–water partition coefficient (Wildman–Crippen LogP) is 1.25. The highest BCUT2D eigenvalue weighted by atomic mass is 16.5. The SMILES string of the molecule is Nc1ccc(N2CCOCC2)c(C(=O)NCC2CC2)c1. The molecule has 0 bridgehead atoms. The Morgan fingerprint density at radius 3 is 2.80 bits per heavy atom. The van der Waals surface area contributed by atoms with Crippen molar-refractivity contribution >= 4 is 17.3 Å². The Labute approximate surface area is 119 Å². The van der Waals surface area contributed by atoms with E-state index in [-0.39, 0.29) is 5.91 Å². The number of hydrogen-bond acceptors (Lipinski definition) is 4. The van der Waals surface area contributed by atoms with Gasteiger partial charge in [-0.05, 0) is 37.0 Å². The molecule has 0 atom stereocenters. The summed E-state index contributed by atoms with van der Waals surface area (Å²) in [5.74, 6) is 0.650. The van der Waals surface area contributed by atoms with Crippen molar-refractivity contribution in [2.45, 2.75) is 12.8 Å². The third-order valence-corrected chi connectivity index (χ3v) is 3.87. The van der Waals surface area contributed by atoms with Crippen LogP contribution in [0.25, 0.3) is 0 Å². The molecule has 5 heteroatoms. The lowest BCUT2D eigenvalue weighted by Crippen LogP contribution is -2.38. The van der Waals surface area contributed by atoms with Crippen LogP contribution in [-0.2, 0) is 4.74 Å². The zero-order valence-corrected chi connectivity index (χ0v) is 11.6. The fourth-order valence-corrected chi connectivity index (χ4v) is 2.47. The van der Waals surface area contributed by atoms with Gasteiger partial charge in [0.2, 0.25) is 0 Å². The Balaban J connectivity index is 1.78. The number of carbonyl (C=O) groups is 1. The van der Waals surface area contributed by atoms with Gasteiger partial charge >= 0.3 is 0 Å². The van der Waals surface area contributed by atoms with Gasteiger partial charge in [-0.25, -0.2) is 0 Å². The average molecular weight is 275 g/mol. The van der Waals surface area contributed by atoms with Gasteiger partial charge in [0.05, 0.1) is 18.8 Å². The third-order valence-electron chi connectivity index (χ3n) is 3.87. The van der Waals surface area contributed by atoms with Crippen LogP contribution < -0.4 is 16.0 Å². The largest absolute Gasteiger partial charge is 0.399 e. The lowest BCUT2D eigenvalue weighted by atomic mass is 10.1. The van der Waals surface area contributed by atoms with Crippen molar-refractivity contribution in [2.24, 2.45) is 5.92 Å². The van der Waals surface area contributed by atoms with Crippen LogP contribution in [0.1, 0.15) is 23.2 Å². The number of nitrogens with zero attached hydrogens (tertiary/aromatic N) is 1. The van der Waals surface area contributed by atoms with Crippen LogP contribution in [0.15, 0.2) is 18.2 Å². The van der Waals surface area contributed by atoms with Crippen LogP contribution in [-0.4, -0.2) is 38.8 Å². The molecule has 1 saturated carbocycles. The molecule has 2 aliphatic rings. The van der Waals surface area contributed by atoms with Crippen LogP contribution in [0.5, 0.6) is 0 Å². The molecule has 0 spiro atoms. The van der Waals surface area contributed by atoms with Gasteiger partial charge in [0.25, 0.3) is 5.91 Å². The van der Waals surface area contributed by atoms with Crippen LogP contribution in [0.2, 0.25) is 0 Å². The molecule has 20 heavy (non-hydrogen) atoms. The lowest BCUT2D eigenvalue weighted by molar-refractivity contribution is 0.0950. The summed E-state index contributed by atoms with van der Waals surface area (Å²) in [4.78, 5) is 14.6. The molecule has 0 aromatic heterocycles. The molecule has 1 aromatic rings. The summed E-state index contributed by atoms with van der Waals surface area (Å²) < 4.78 is 5.37. The lowest BCUT2D eigenvalue weighted by Gasteiger charge is -2.30. The number of rotatable bonds is 4. The second-order valence-electron chi connectivity index (χ2n) is 5.53. The summed E-state index contributed by atoms with van der Waals surface area (Å²) in [7, 11) is 0. The molecular weight excluding hydrogens is 254 g/mol. The van der Waals surface area contributed by atoms with Gasteiger partial charge in [-0.3, -0.25) is 4.79 Å². The Bertz CT molecular complexity index is 494. The Hall–Kier alpha value is -1.75. The molecule has 1 heterocycles. The standard InChI is InChI=1S/C15H21N3O2/c16-12-3-4-14(18-5-7-20-8-6-18)13(9-12)15(19)17-10-11-1-2-11/h3-4,9,11H,1-2,5-8,10,16H2,(H,17,19). The smallest absolute Gasteiger partial charge is 0.253 e. The molecule has 1 saturated heterocycles. The number of nitrogens with two attached hydrogens (primary N) is 1. The number of anilines is 2. The van der Waals surface area contributed by atoms with E-state index in [9.17, 15) is 4.79 Å². The van der Waals surface area contributed by atoms with Crippen LogP contribution in [0.3, 0.4) is 0 Å². The first kappa shape index (κ1) is 13.2. The number of nitrogen functional groups attached to an aromatic ring is 1. The predicted molar refractivity (Wildman–Crippen MR) is 78.9 cm³/mol. The molecule has 1 aliphatic carbocycles. The number of carbonyl (C=O) groups excluding carboxylic acids is 1. The van der Waals surface area contributed by atoms with Crippen molar-refractivity contribution in [3.8, 4) is 0 Å². The number of morpholine rings is 1. The summed E-state index contributed by atoms with van der Waals surface area (Å²) in [5, 5.41) is 3.02. The van der Waals surface area contributed by atoms with Crippen LogP contribution >= 0.6 is 0 Å². The van der Waals surface area contributed by atoms with Gasteiger partial charge in [0.1, 0.15) is 0 Å². The zero-order valence-electron chi connectivity index (χ0n) is 11.6. The summed E-state index contributed by atoms with van der Waals surface area (Å²) in [5.41, 5.74) is 8.09. The number of hydrogen-bond donors (Lipinski definition) is 2. The van der Waals surface area contributed by atoms with Crippen molar-refractivity contribution in [2.75, 3.05) is 43.5 Å². The molecule has 3 rings (SSSR count). The quantitative estimate of drug-likeness (QED) is 0.811.